The van der Waals surface area contributed by atoms with E-state index in [1.807, 2.05) is 0 Å². The van der Waals surface area contributed by atoms with Crippen LogP contribution in [0.3, 0.4) is 0 Å². The Bertz CT molecular complexity index is 506. The molecule has 0 aliphatic rings. The van der Waals surface area contributed by atoms with E-state index in [0.717, 1.165) is 33.3 Å². The summed E-state index contributed by atoms with van der Waals surface area (Å²) in [7, 11) is 0. The average molecular weight is 346 g/mol. The fraction of sp³-hybridized carbons (Fsp3) is 0.444. The van der Waals surface area contributed by atoms with Crippen molar-refractivity contribution < 1.29 is 4.79 Å². The lowest BCUT2D eigenvalue weighted by Gasteiger charge is -1.99. The molecule has 0 saturated carbocycles. The summed E-state index contributed by atoms with van der Waals surface area (Å²) in [5, 5.41) is 15.1. The molecular formula is C9H11IN6O. The van der Waals surface area contributed by atoms with Crippen LogP contribution in [0.25, 0.3) is 0 Å². The monoisotopic (exact) mass is 346 g/mol. The second kappa shape index (κ2) is 5.34. The van der Waals surface area contributed by atoms with Crippen LogP contribution >= 0.6 is 22.6 Å². The fourth-order valence-corrected chi connectivity index (χ4v) is 2.01. The van der Waals surface area contributed by atoms with Crippen LogP contribution in [0.2, 0.25) is 0 Å². The van der Waals surface area contributed by atoms with E-state index in [0.29, 0.717) is 0 Å². The molecule has 0 unspecified atom stereocenters. The molecule has 0 atom stereocenters. The smallest absolute Gasteiger partial charge is 0.243 e. The molecule has 0 radical (unpaired) electrons. The molecule has 2 heterocycles. The van der Waals surface area contributed by atoms with Gasteiger partial charge in [-0.05, 0) is 35.4 Å². The van der Waals surface area contributed by atoms with Crippen molar-refractivity contribution >= 4 is 28.6 Å². The summed E-state index contributed by atoms with van der Waals surface area (Å²) in [6.45, 7) is 2.11. The van der Waals surface area contributed by atoms with E-state index < -0.39 is 0 Å². The Morgan fingerprint density at radius 1 is 1.47 bits per heavy atom. The van der Waals surface area contributed by atoms with Crippen LogP contribution in [0.4, 0.5) is 4.79 Å². The van der Waals surface area contributed by atoms with Crippen molar-refractivity contribution in [3.63, 3.8) is 0 Å². The van der Waals surface area contributed by atoms with Gasteiger partial charge in [0.2, 0.25) is 0 Å². The van der Waals surface area contributed by atoms with Crippen LogP contribution in [0.15, 0.2) is 12.4 Å². The SMILES string of the molecule is CCCCc1nnn(C(=O)n2ccnn2)c1I. The van der Waals surface area contributed by atoms with Gasteiger partial charge < -0.3 is 0 Å². The number of aromatic nitrogens is 6. The summed E-state index contributed by atoms with van der Waals surface area (Å²) in [6, 6.07) is -0.373. The van der Waals surface area contributed by atoms with Gasteiger partial charge in [-0.1, -0.05) is 23.8 Å². The van der Waals surface area contributed by atoms with Gasteiger partial charge >= 0.3 is 6.03 Å². The Labute approximate surface area is 111 Å². The lowest BCUT2D eigenvalue weighted by molar-refractivity contribution is 0.236. The molecular weight excluding hydrogens is 335 g/mol. The summed E-state index contributed by atoms with van der Waals surface area (Å²) >= 11 is 2.07. The van der Waals surface area contributed by atoms with E-state index in [2.05, 4.69) is 50.1 Å². The Balaban J connectivity index is 2.22. The molecule has 2 aromatic heterocycles. The van der Waals surface area contributed by atoms with Gasteiger partial charge in [-0.15, -0.1) is 10.2 Å². The second-order valence-corrected chi connectivity index (χ2v) is 4.49. The minimum absolute atomic E-state index is 0.373. The van der Waals surface area contributed by atoms with E-state index in [9.17, 15) is 4.79 Å². The normalized spacial score (nSPS) is 10.7. The molecule has 0 amide bonds. The van der Waals surface area contributed by atoms with Crippen molar-refractivity contribution in [1.29, 1.82) is 0 Å². The first-order valence-electron chi connectivity index (χ1n) is 5.25. The van der Waals surface area contributed by atoms with E-state index in [4.69, 9.17) is 0 Å². The molecule has 0 bridgehead atoms. The van der Waals surface area contributed by atoms with Crippen molar-refractivity contribution in [2.75, 3.05) is 0 Å². The molecule has 90 valence electrons. The van der Waals surface area contributed by atoms with Gasteiger partial charge in [-0.25, -0.2) is 4.79 Å². The molecule has 0 aromatic carbocycles. The van der Waals surface area contributed by atoms with Crippen LogP contribution in [-0.2, 0) is 6.42 Å². The number of carbonyl (C=O) groups is 1. The largest absolute Gasteiger partial charge is 0.373 e. The molecule has 0 fully saturated rings. The van der Waals surface area contributed by atoms with Gasteiger partial charge in [0.1, 0.15) is 3.70 Å². The van der Waals surface area contributed by atoms with Crippen LogP contribution < -0.4 is 0 Å². The molecule has 0 saturated heterocycles. The molecule has 0 aliphatic heterocycles. The number of hydrogen-bond acceptors (Lipinski definition) is 5. The van der Waals surface area contributed by atoms with E-state index in [1.165, 1.54) is 17.1 Å². The zero-order valence-corrected chi connectivity index (χ0v) is 11.4. The highest BCUT2D eigenvalue weighted by Gasteiger charge is 2.17. The summed E-state index contributed by atoms with van der Waals surface area (Å²) in [5.41, 5.74) is 0.848. The van der Waals surface area contributed by atoms with Gasteiger partial charge in [0.15, 0.2) is 0 Å². The zero-order chi connectivity index (χ0) is 12.3. The highest BCUT2D eigenvalue weighted by atomic mass is 127. The first kappa shape index (κ1) is 12.1. The summed E-state index contributed by atoms with van der Waals surface area (Å²) < 4.78 is 3.09. The number of carbonyl (C=O) groups excluding carboxylic acids is 1. The van der Waals surface area contributed by atoms with E-state index in [1.54, 1.807) is 0 Å². The maximum Gasteiger partial charge on any atom is 0.373 e. The summed E-state index contributed by atoms with van der Waals surface area (Å²) in [5.74, 6) is 0. The first-order valence-corrected chi connectivity index (χ1v) is 6.33. The fourth-order valence-electron chi connectivity index (χ4n) is 1.33. The third-order valence-corrected chi connectivity index (χ3v) is 3.33. The van der Waals surface area contributed by atoms with Crippen LogP contribution in [0.1, 0.15) is 25.5 Å². The molecule has 2 aromatic rings. The van der Waals surface area contributed by atoms with Gasteiger partial charge in [0.05, 0.1) is 18.1 Å². The summed E-state index contributed by atoms with van der Waals surface area (Å²) in [4.78, 5) is 11.9. The van der Waals surface area contributed by atoms with Crippen LogP contribution in [0, 0.1) is 3.70 Å². The van der Waals surface area contributed by atoms with Crippen LogP contribution in [-0.4, -0.2) is 36.0 Å². The Kier molecular flexibility index (Phi) is 3.82. The lowest BCUT2D eigenvalue weighted by Crippen LogP contribution is -2.22. The number of rotatable bonds is 3. The first-order chi connectivity index (χ1) is 8.24. The van der Waals surface area contributed by atoms with Gasteiger partial charge in [0.25, 0.3) is 0 Å². The van der Waals surface area contributed by atoms with Gasteiger partial charge in [-0.3, -0.25) is 0 Å². The predicted molar refractivity (Wildman–Crippen MR) is 67.6 cm³/mol. The predicted octanol–water partition coefficient (Wildman–Crippen LogP) is 1.33. The number of aryl methyl sites for hydroxylation is 1. The van der Waals surface area contributed by atoms with Crippen molar-refractivity contribution in [3.05, 3.63) is 21.8 Å². The molecule has 2 rings (SSSR count). The number of hydrogen-bond donors (Lipinski definition) is 0. The molecule has 0 aliphatic carbocycles. The van der Waals surface area contributed by atoms with Crippen molar-refractivity contribution in [2.45, 2.75) is 26.2 Å². The third-order valence-electron chi connectivity index (χ3n) is 2.25. The number of halogens is 1. The second-order valence-electron chi connectivity index (χ2n) is 3.47. The minimum Gasteiger partial charge on any atom is -0.243 e. The van der Waals surface area contributed by atoms with Gasteiger partial charge in [-0.2, -0.15) is 9.36 Å². The van der Waals surface area contributed by atoms with Crippen LogP contribution in [0.5, 0.6) is 0 Å². The summed E-state index contributed by atoms with van der Waals surface area (Å²) in [6.07, 6.45) is 5.87. The Morgan fingerprint density at radius 3 is 2.94 bits per heavy atom. The highest BCUT2D eigenvalue weighted by molar-refractivity contribution is 14.1. The van der Waals surface area contributed by atoms with E-state index in [-0.39, 0.29) is 6.03 Å². The Hall–Kier alpha value is -1.32. The van der Waals surface area contributed by atoms with Crippen molar-refractivity contribution in [1.82, 2.24) is 30.0 Å². The maximum atomic E-state index is 11.9. The maximum absolute atomic E-state index is 11.9. The van der Waals surface area contributed by atoms with Crippen molar-refractivity contribution in [2.24, 2.45) is 0 Å². The quantitative estimate of drug-likeness (QED) is 0.784. The molecule has 8 heteroatoms. The van der Waals surface area contributed by atoms with E-state index >= 15 is 0 Å². The number of unbranched alkanes of at least 4 members (excludes halogenated alkanes) is 1. The standard InChI is InChI=1S/C9H11IN6O/c1-2-3-4-7-8(10)16(14-12-7)9(17)15-6-5-11-13-15/h5-6H,2-4H2,1H3. The average Bonchev–Trinajstić information content (AvgIpc) is 2.95. The molecule has 17 heavy (non-hydrogen) atoms. The highest BCUT2D eigenvalue weighted by Crippen LogP contribution is 2.12. The third kappa shape index (κ3) is 2.51. The van der Waals surface area contributed by atoms with Crippen molar-refractivity contribution in [3.8, 4) is 0 Å². The zero-order valence-electron chi connectivity index (χ0n) is 9.25. The van der Waals surface area contributed by atoms with Gasteiger partial charge in [0, 0.05) is 0 Å². The Morgan fingerprint density at radius 2 is 2.29 bits per heavy atom. The molecule has 7 nitrogen and oxygen atoms in total. The molecule has 0 N–H and O–H groups in total. The lowest BCUT2D eigenvalue weighted by atomic mass is 10.2. The topological polar surface area (TPSA) is 78.5 Å². The minimum atomic E-state index is -0.373. The molecule has 0 spiro atoms. The number of nitrogens with zero attached hydrogens (tertiary/aromatic N) is 6.